The van der Waals surface area contributed by atoms with Crippen molar-refractivity contribution in [3.8, 4) is 0 Å². The Kier molecular flexibility index (Phi) is 4.59. The third-order valence-corrected chi connectivity index (χ3v) is 6.07. The van der Waals surface area contributed by atoms with E-state index in [1.165, 1.54) is 0 Å². The molecule has 1 aliphatic heterocycles. The Hall–Kier alpha value is -1.66. The van der Waals surface area contributed by atoms with Crippen LogP contribution in [0.3, 0.4) is 0 Å². The van der Waals surface area contributed by atoms with E-state index < -0.39 is 10.0 Å². The van der Waals surface area contributed by atoms with E-state index in [2.05, 4.69) is 9.97 Å². The van der Waals surface area contributed by atoms with Crippen LogP contribution in [0.15, 0.2) is 42.9 Å². The van der Waals surface area contributed by atoms with Gasteiger partial charge in [0, 0.05) is 25.0 Å². The molecule has 6 heteroatoms. The molecule has 2 heterocycles. The smallest absolute Gasteiger partial charge is 0.218 e. The first kappa shape index (κ1) is 15.2. The topological polar surface area (TPSA) is 66.1 Å². The predicted molar refractivity (Wildman–Crippen MR) is 85.7 cm³/mol. The minimum Gasteiger partial charge on any atom is -0.348 e. The summed E-state index contributed by atoms with van der Waals surface area (Å²) in [5.74, 6) is 0.627. The fraction of sp³-hybridized carbons (Fsp3) is 0.438. The highest BCUT2D eigenvalue weighted by atomic mass is 32.2. The molecule has 1 fully saturated rings. The first-order valence-electron chi connectivity index (χ1n) is 7.62. The lowest BCUT2D eigenvalue weighted by Crippen LogP contribution is -2.39. The minimum absolute atomic E-state index is 0.0963. The van der Waals surface area contributed by atoms with Crippen LogP contribution in [0.5, 0.6) is 0 Å². The summed E-state index contributed by atoms with van der Waals surface area (Å²) in [4.78, 5) is 7.14. The number of H-pyrrole nitrogens is 1. The van der Waals surface area contributed by atoms with Crippen LogP contribution in [0.1, 0.15) is 24.1 Å². The largest absolute Gasteiger partial charge is 0.348 e. The number of benzene rings is 1. The number of nitrogens with zero attached hydrogens (tertiary/aromatic N) is 2. The summed E-state index contributed by atoms with van der Waals surface area (Å²) in [5.41, 5.74) is 1.98. The number of nitrogens with one attached hydrogen (secondary N) is 1. The molecule has 0 amide bonds. The Balaban J connectivity index is 1.56. The van der Waals surface area contributed by atoms with Gasteiger partial charge in [0.1, 0.15) is 0 Å². The quantitative estimate of drug-likeness (QED) is 0.919. The molecule has 1 saturated heterocycles. The van der Waals surface area contributed by atoms with Gasteiger partial charge in [-0.25, -0.2) is 17.7 Å². The maximum Gasteiger partial charge on any atom is 0.218 e. The Morgan fingerprint density at radius 3 is 2.55 bits per heavy atom. The molecule has 3 rings (SSSR count). The SMILES string of the molecule is O=S(=O)(Cc1ccccc1)N1CCC(Cc2cnc[nH]2)CC1. The van der Waals surface area contributed by atoms with Crippen molar-refractivity contribution in [2.45, 2.75) is 25.0 Å². The highest BCUT2D eigenvalue weighted by molar-refractivity contribution is 7.88. The number of rotatable bonds is 5. The van der Waals surface area contributed by atoms with Gasteiger partial charge in [-0.1, -0.05) is 30.3 Å². The standard InChI is InChI=1S/C16H21N3O2S/c20-22(21,12-15-4-2-1-3-5-15)19-8-6-14(7-9-19)10-16-11-17-13-18-16/h1-5,11,13-14H,6-10,12H2,(H,17,18). The van der Waals surface area contributed by atoms with Gasteiger partial charge in [-0.15, -0.1) is 0 Å². The molecule has 1 aliphatic rings. The molecular weight excluding hydrogens is 298 g/mol. The molecule has 118 valence electrons. The monoisotopic (exact) mass is 319 g/mol. The highest BCUT2D eigenvalue weighted by Crippen LogP contribution is 2.24. The first-order valence-corrected chi connectivity index (χ1v) is 9.23. The Morgan fingerprint density at radius 1 is 1.18 bits per heavy atom. The third kappa shape index (κ3) is 3.75. The molecule has 5 nitrogen and oxygen atoms in total. The molecule has 0 atom stereocenters. The van der Waals surface area contributed by atoms with Crippen LogP contribution in [0, 0.1) is 5.92 Å². The molecular formula is C16H21N3O2S. The molecule has 1 aromatic carbocycles. The van der Waals surface area contributed by atoms with E-state index in [1.54, 1.807) is 10.6 Å². The van der Waals surface area contributed by atoms with Crippen molar-refractivity contribution in [1.29, 1.82) is 0 Å². The normalized spacial score (nSPS) is 17.6. The lowest BCUT2D eigenvalue weighted by atomic mass is 9.93. The van der Waals surface area contributed by atoms with E-state index in [0.29, 0.717) is 19.0 Å². The second-order valence-corrected chi connectivity index (χ2v) is 7.83. The van der Waals surface area contributed by atoms with Gasteiger partial charge >= 0.3 is 0 Å². The van der Waals surface area contributed by atoms with E-state index in [4.69, 9.17) is 0 Å². The van der Waals surface area contributed by atoms with Gasteiger partial charge < -0.3 is 4.98 Å². The second-order valence-electron chi connectivity index (χ2n) is 5.87. The highest BCUT2D eigenvalue weighted by Gasteiger charge is 2.28. The molecule has 0 aliphatic carbocycles. The number of piperidine rings is 1. The second kappa shape index (κ2) is 6.62. The van der Waals surface area contributed by atoms with Crippen LogP contribution in [0.4, 0.5) is 0 Å². The number of imidazole rings is 1. The van der Waals surface area contributed by atoms with Gasteiger partial charge in [-0.3, -0.25) is 0 Å². The Morgan fingerprint density at radius 2 is 1.91 bits per heavy atom. The predicted octanol–water partition coefficient (Wildman–Crippen LogP) is 2.19. The fourth-order valence-corrected chi connectivity index (χ4v) is 4.54. The summed E-state index contributed by atoms with van der Waals surface area (Å²) in [6.07, 6.45) is 6.31. The molecule has 0 unspecified atom stereocenters. The van der Waals surface area contributed by atoms with Crippen molar-refractivity contribution in [2.75, 3.05) is 13.1 Å². The first-order chi connectivity index (χ1) is 10.6. The average Bonchev–Trinajstić information content (AvgIpc) is 3.01. The maximum atomic E-state index is 12.5. The third-order valence-electron chi connectivity index (χ3n) is 4.22. The van der Waals surface area contributed by atoms with E-state index in [-0.39, 0.29) is 5.75 Å². The van der Waals surface area contributed by atoms with Gasteiger partial charge in [0.25, 0.3) is 0 Å². The van der Waals surface area contributed by atoms with Crippen molar-refractivity contribution < 1.29 is 8.42 Å². The van der Waals surface area contributed by atoms with Crippen molar-refractivity contribution in [3.05, 3.63) is 54.1 Å². The van der Waals surface area contributed by atoms with Crippen molar-refractivity contribution >= 4 is 10.0 Å². The number of sulfonamides is 1. The molecule has 22 heavy (non-hydrogen) atoms. The Labute approximate surface area is 131 Å². The molecule has 0 bridgehead atoms. The van der Waals surface area contributed by atoms with E-state index >= 15 is 0 Å². The fourth-order valence-electron chi connectivity index (χ4n) is 2.98. The summed E-state index contributed by atoms with van der Waals surface area (Å²) in [6.45, 7) is 1.24. The summed E-state index contributed by atoms with van der Waals surface area (Å²) in [5, 5.41) is 0. The van der Waals surface area contributed by atoms with Crippen LogP contribution in [0.2, 0.25) is 0 Å². The zero-order valence-electron chi connectivity index (χ0n) is 12.5. The minimum atomic E-state index is -3.21. The summed E-state index contributed by atoms with van der Waals surface area (Å²) in [6, 6.07) is 9.38. The van der Waals surface area contributed by atoms with Crippen LogP contribution < -0.4 is 0 Å². The van der Waals surface area contributed by atoms with E-state index in [0.717, 1.165) is 30.5 Å². The number of aromatic nitrogens is 2. The lowest BCUT2D eigenvalue weighted by molar-refractivity contribution is 0.271. The van der Waals surface area contributed by atoms with Crippen molar-refractivity contribution in [3.63, 3.8) is 0 Å². The number of aromatic amines is 1. The molecule has 1 aromatic heterocycles. The van der Waals surface area contributed by atoms with Gasteiger partial charge in [-0.2, -0.15) is 0 Å². The number of hydrogen-bond acceptors (Lipinski definition) is 3. The van der Waals surface area contributed by atoms with Crippen molar-refractivity contribution in [1.82, 2.24) is 14.3 Å². The zero-order valence-corrected chi connectivity index (χ0v) is 13.3. The molecule has 0 saturated carbocycles. The molecule has 1 N–H and O–H groups in total. The Bertz CT molecular complexity index is 675. The molecule has 0 radical (unpaired) electrons. The summed E-state index contributed by atoms with van der Waals surface area (Å²) >= 11 is 0. The van der Waals surface area contributed by atoms with Crippen LogP contribution in [-0.2, 0) is 22.2 Å². The molecule has 0 spiro atoms. The lowest BCUT2D eigenvalue weighted by Gasteiger charge is -2.31. The zero-order chi connectivity index (χ0) is 15.4. The van der Waals surface area contributed by atoms with E-state index in [9.17, 15) is 8.42 Å². The number of hydrogen-bond donors (Lipinski definition) is 1. The summed E-state index contributed by atoms with van der Waals surface area (Å²) in [7, 11) is -3.21. The maximum absolute atomic E-state index is 12.5. The van der Waals surface area contributed by atoms with Crippen LogP contribution in [0.25, 0.3) is 0 Å². The van der Waals surface area contributed by atoms with Gasteiger partial charge in [0.2, 0.25) is 10.0 Å². The summed E-state index contributed by atoms with van der Waals surface area (Å²) < 4.78 is 26.6. The van der Waals surface area contributed by atoms with Gasteiger partial charge in [0.15, 0.2) is 0 Å². The molecule has 2 aromatic rings. The van der Waals surface area contributed by atoms with Gasteiger partial charge in [-0.05, 0) is 30.7 Å². The van der Waals surface area contributed by atoms with Crippen molar-refractivity contribution in [2.24, 2.45) is 5.92 Å². The van der Waals surface area contributed by atoms with Gasteiger partial charge in [0.05, 0.1) is 12.1 Å². The van der Waals surface area contributed by atoms with Crippen LogP contribution in [-0.4, -0.2) is 35.8 Å². The average molecular weight is 319 g/mol. The van der Waals surface area contributed by atoms with E-state index in [1.807, 2.05) is 36.5 Å². The van der Waals surface area contributed by atoms with Crippen LogP contribution >= 0.6 is 0 Å².